The number of aromatic hydroxyl groups is 1. The van der Waals surface area contributed by atoms with Gasteiger partial charge in [-0.2, -0.15) is 0 Å². The molecule has 0 spiro atoms. The van der Waals surface area contributed by atoms with Crippen LogP contribution in [0.2, 0.25) is 0 Å². The minimum Gasteiger partial charge on any atom is -0.508 e. The number of anilines is 1. The third-order valence-electron chi connectivity index (χ3n) is 6.41. The highest BCUT2D eigenvalue weighted by molar-refractivity contribution is 7.17. The summed E-state index contributed by atoms with van der Waals surface area (Å²) in [5, 5.41) is 21.5. The second-order valence-corrected chi connectivity index (χ2v) is 9.80. The SMILES string of the molecule is CCOC(=O)c1sc(N2C(=O)C(=O)C(=C(O)c3nc4c(C)cccn4c3C)C2c2ccc(O)cc2)nc1C. The van der Waals surface area contributed by atoms with Gasteiger partial charge in [0, 0.05) is 6.20 Å². The molecule has 0 aliphatic carbocycles. The van der Waals surface area contributed by atoms with E-state index < -0.39 is 29.5 Å². The van der Waals surface area contributed by atoms with Gasteiger partial charge in [-0.05, 0) is 57.0 Å². The fourth-order valence-electron chi connectivity index (χ4n) is 4.55. The number of aryl methyl sites for hydroxylation is 3. The van der Waals surface area contributed by atoms with E-state index in [0.29, 0.717) is 22.6 Å². The molecule has 1 fully saturated rings. The van der Waals surface area contributed by atoms with Crippen molar-refractivity contribution in [2.24, 2.45) is 0 Å². The number of nitrogens with zero attached hydrogens (tertiary/aromatic N) is 4. The van der Waals surface area contributed by atoms with Crippen molar-refractivity contribution < 1.29 is 29.3 Å². The van der Waals surface area contributed by atoms with Crippen LogP contribution in [0.15, 0.2) is 48.2 Å². The number of carbonyl (C=O) groups is 3. The monoisotopic (exact) mass is 532 g/mol. The van der Waals surface area contributed by atoms with Gasteiger partial charge in [0.25, 0.3) is 5.78 Å². The second kappa shape index (κ2) is 9.42. The minimum atomic E-state index is -1.08. The number of aliphatic hydroxyl groups is 1. The molecule has 1 aliphatic rings. The number of pyridine rings is 1. The summed E-state index contributed by atoms with van der Waals surface area (Å²) in [6, 6.07) is 8.60. The van der Waals surface area contributed by atoms with E-state index >= 15 is 0 Å². The molecule has 0 saturated carbocycles. The number of Topliss-reactive ketones (excluding diaryl/α,β-unsaturated/α-hetero) is 1. The number of esters is 1. The molecule has 1 unspecified atom stereocenters. The molecule has 3 aromatic heterocycles. The molecular formula is C27H24N4O6S. The first-order chi connectivity index (χ1) is 18.1. The standard InChI is InChI=1S/C27H24N4O6S/c1-5-37-26(36)23-14(3)28-27(38-23)31-20(16-8-10-17(32)11-9-16)18(22(34)25(31)35)21(33)19-15(4)30-12-6-7-13(2)24(30)29-19/h6-12,20,32-33H,5H2,1-4H3. The molecule has 4 heterocycles. The third kappa shape index (κ3) is 3.91. The van der Waals surface area contributed by atoms with E-state index in [-0.39, 0.29) is 33.6 Å². The summed E-state index contributed by atoms with van der Waals surface area (Å²) in [4.78, 5) is 49.7. The van der Waals surface area contributed by atoms with E-state index in [9.17, 15) is 24.6 Å². The Labute approximate surface area is 221 Å². The van der Waals surface area contributed by atoms with Gasteiger partial charge in [-0.15, -0.1) is 0 Å². The zero-order chi connectivity index (χ0) is 27.3. The van der Waals surface area contributed by atoms with E-state index in [2.05, 4.69) is 9.97 Å². The third-order valence-corrected chi connectivity index (χ3v) is 7.55. The van der Waals surface area contributed by atoms with Crippen LogP contribution in [-0.2, 0) is 14.3 Å². The van der Waals surface area contributed by atoms with Crippen molar-refractivity contribution in [3.8, 4) is 5.75 Å². The highest BCUT2D eigenvalue weighted by Crippen LogP contribution is 2.44. The van der Waals surface area contributed by atoms with Gasteiger partial charge in [0.1, 0.15) is 22.0 Å². The van der Waals surface area contributed by atoms with Crippen LogP contribution in [0.4, 0.5) is 5.13 Å². The van der Waals surface area contributed by atoms with Gasteiger partial charge in [0.15, 0.2) is 10.9 Å². The number of amides is 1. The lowest BCUT2D eigenvalue weighted by molar-refractivity contribution is -0.132. The molecule has 0 radical (unpaired) electrons. The number of phenols is 1. The summed E-state index contributed by atoms with van der Waals surface area (Å²) in [6.07, 6.45) is 1.80. The van der Waals surface area contributed by atoms with Crippen molar-refractivity contribution in [2.45, 2.75) is 33.7 Å². The Morgan fingerprint density at radius 2 is 1.82 bits per heavy atom. The number of benzene rings is 1. The van der Waals surface area contributed by atoms with Crippen LogP contribution in [0, 0.1) is 20.8 Å². The van der Waals surface area contributed by atoms with Gasteiger partial charge in [-0.25, -0.2) is 14.8 Å². The lowest BCUT2D eigenvalue weighted by atomic mass is 9.96. The van der Waals surface area contributed by atoms with E-state index in [4.69, 9.17) is 4.74 Å². The number of ketones is 1. The first-order valence-corrected chi connectivity index (χ1v) is 12.6. The molecule has 5 rings (SSSR count). The van der Waals surface area contributed by atoms with Gasteiger partial charge >= 0.3 is 11.9 Å². The number of imidazole rings is 1. The fraction of sp³-hybridized carbons (Fsp3) is 0.222. The maximum Gasteiger partial charge on any atom is 0.350 e. The molecule has 1 saturated heterocycles. The van der Waals surface area contributed by atoms with Crippen molar-refractivity contribution >= 4 is 45.5 Å². The Morgan fingerprint density at radius 3 is 2.47 bits per heavy atom. The number of carbonyl (C=O) groups excluding carboxylic acids is 3. The van der Waals surface area contributed by atoms with Gasteiger partial charge in [0.2, 0.25) is 0 Å². The van der Waals surface area contributed by atoms with Crippen LogP contribution in [-0.4, -0.2) is 48.8 Å². The van der Waals surface area contributed by atoms with Crippen LogP contribution in [0.1, 0.15) is 50.8 Å². The van der Waals surface area contributed by atoms with E-state index in [0.717, 1.165) is 21.8 Å². The molecule has 1 aromatic carbocycles. The van der Waals surface area contributed by atoms with Crippen molar-refractivity contribution in [2.75, 3.05) is 11.5 Å². The summed E-state index contributed by atoms with van der Waals surface area (Å²) in [5.74, 6) is -2.84. The maximum atomic E-state index is 13.5. The normalized spacial score (nSPS) is 16.9. The quantitative estimate of drug-likeness (QED) is 0.169. The molecule has 1 amide bonds. The maximum absolute atomic E-state index is 13.5. The molecule has 10 nitrogen and oxygen atoms in total. The van der Waals surface area contributed by atoms with Gasteiger partial charge in [-0.1, -0.05) is 29.5 Å². The highest BCUT2D eigenvalue weighted by atomic mass is 32.1. The average molecular weight is 533 g/mol. The molecule has 0 bridgehead atoms. The summed E-state index contributed by atoms with van der Waals surface area (Å²) in [6.45, 7) is 7.10. The number of hydrogen-bond donors (Lipinski definition) is 2. The molecule has 194 valence electrons. The number of aromatic nitrogens is 3. The number of thiazole rings is 1. The molecule has 4 aromatic rings. The largest absolute Gasteiger partial charge is 0.508 e. The summed E-state index contributed by atoms with van der Waals surface area (Å²) in [7, 11) is 0. The second-order valence-electron chi connectivity index (χ2n) is 8.82. The Morgan fingerprint density at radius 1 is 1.11 bits per heavy atom. The predicted molar refractivity (Wildman–Crippen MR) is 140 cm³/mol. The molecule has 38 heavy (non-hydrogen) atoms. The number of hydrogen-bond acceptors (Lipinski definition) is 9. The molecule has 2 N–H and O–H groups in total. The number of rotatable bonds is 5. The minimum absolute atomic E-state index is 0.00735. The Bertz CT molecular complexity index is 1650. The topological polar surface area (TPSA) is 134 Å². The Kier molecular flexibility index (Phi) is 6.23. The first-order valence-electron chi connectivity index (χ1n) is 11.8. The Balaban J connectivity index is 1.73. The summed E-state index contributed by atoms with van der Waals surface area (Å²) < 4.78 is 6.90. The molecule has 11 heteroatoms. The molecular weight excluding hydrogens is 508 g/mol. The smallest absolute Gasteiger partial charge is 0.350 e. The number of ether oxygens (including phenoxy) is 1. The van der Waals surface area contributed by atoms with Crippen LogP contribution < -0.4 is 4.90 Å². The number of fused-ring (bicyclic) bond motifs is 1. The lowest BCUT2D eigenvalue weighted by Gasteiger charge is -2.22. The van der Waals surface area contributed by atoms with Crippen LogP contribution in [0.3, 0.4) is 0 Å². The van der Waals surface area contributed by atoms with Crippen molar-refractivity contribution in [1.29, 1.82) is 0 Å². The predicted octanol–water partition coefficient (Wildman–Crippen LogP) is 4.22. The molecule has 1 atom stereocenters. The van der Waals surface area contributed by atoms with E-state index in [1.165, 1.54) is 12.1 Å². The van der Waals surface area contributed by atoms with E-state index in [1.54, 1.807) is 43.5 Å². The zero-order valence-corrected chi connectivity index (χ0v) is 21.9. The van der Waals surface area contributed by atoms with Crippen molar-refractivity contribution in [3.05, 3.63) is 81.3 Å². The summed E-state index contributed by atoms with van der Waals surface area (Å²) in [5.41, 5.74) is 2.87. The lowest BCUT2D eigenvalue weighted by Crippen LogP contribution is -2.29. The highest BCUT2D eigenvalue weighted by Gasteiger charge is 2.49. The number of aliphatic hydroxyl groups excluding tert-OH is 1. The number of phenolic OH excluding ortho intramolecular Hbond substituents is 1. The first kappa shape index (κ1) is 25.2. The van der Waals surface area contributed by atoms with E-state index in [1.807, 2.05) is 19.1 Å². The Hall–Kier alpha value is -4.51. The van der Waals surface area contributed by atoms with Crippen LogP contribution in [0.25, 0.3) is 11.4 Å². The zero-order valence-electron chi connectivity index (χ0n) is 21.1. The van der Waals surface area contributed by atoms with Crippen molar-refractivity contribution in [3.63, 3.8) is 0 Å². The fourth-order valence-corrected chi connectivity index (χ4v) is 5.53. The van der Waals surface area contributed by atoms with Gasteiger partial charge in [-0.3, -0.25) is 14.5 Å². The van der Waals surface area contributed by atoms with Crippen LogP contribution >= 0.6 is 11.3 Å². The van der Waals surface area contributed by atoms with Gasteiger partial charge < -0.3 is 19.4 Å². The molecule has 1 aliphatic heterocycles. The van der Waals surface area contributed by atoms with Gasteiger partial charge in [0.05, 0.1) is 29.6 Å². The van der Waals surface area contributed by atoms with Crippen molar-refractivity contribution in [1.82, 2.24) is 14.4 Å². The summed E-state index contributed by atoms with van der Waals surface area (Å²) >= 11 is 0.925. The average Bonchev–Trinajstić information content (AvgIpc) is 3.52. The van der Waals surface area contributed by atoms with Crippen LogP contribution in [0.5, 0.6) is 5.75 Å².